The largest absolute Gasteiger partial charge is 0.491 e. The van der Waals surface area contributed by atoms with Gasteiger partial charge in [0.25, 0.3) is 0 Å². The van der Waals surface area contributed by atoms with E-state index in [0.29, 0.717) is 19.1 Å². The summed E-state index contributed by atoms with van der Waals surface area (Å²) in [5, 5.41) is 11.1. The monoisotopic (exact) mass is 750 g/mol. The molecule has 0 radical (unpaired) electrons. The molecule has 4 aromatic rings. The number of rotatable bonds is 21. The van der Waals surface area contributed by atoms with Gasteiger partial charge in [-0.15, -0.1) is 0 Å². The molecule has 6 rings (SSSR count). The number of aliphatic hydroxyl groups is 1. The molecule has 0 amide bonds. The van der Waals surface area contributed by atoms with E-state index < -0.39 is 11.7 Å². The first-order valence-corrected chi connectivity index (χ1v) is 20.2. The smallest absolute Gasteiger partial charge is 0.120 e. The average molecular weight is 751 g/mol. The van der Waals surface area contributed by atoms with Crippen LogP contribution in [-0.4, -0.2) is 61.0 Å². The Kier molecular flexibility index (Phi) is 12.5. The van der Waals surface area contributed by atoms with Crippen LogP contribution < -0.4 is 18.9 Å². The SMILES string of the molecule is CCCC(C)(CC1CO1)Oc1ccc(C(C)(C)c2ccc(OCC(O)CC(C)(CC)Oc3ccc(C(C)(C)c4ccc(OCC5CO5)cc4)cc3)cc2)cc1. The Morgan fingerprint density at radius 1 is 0.582 bits per heavy atom. The van der Waals surface area contributed by atoms with Crippen molar-refractivity contribution >= 4 is 0 Å². The van der Waals surface area contributed by atoms with Gasteiger partial charge < -0.3 is 33.5 Å². The van der Waals surface area contributed by atoms with Crippen LogP contribution in [0.3, 0.4) is 0 Å². The zero-order valence-electron chi connectivity index (χ0n) is 34.2. The molecule has 4 aromatic carbocycles. The van der Waals surface area contributed by atoms with Gasteiger partial charge in [0, 0.05) is 23.7 Å². The fourth-order valence-electron chi connectivity index (χ4n) is 7.47. The van der Waals surface area contributed by atoms with Gasteiger partial charge in [0.2, 0.25) is 0 Å². The summed E-state index contributed by atoms with van der Waals surface area (Å²) in [6, 6.07) is 33.3. The Bertz CT molecular complexity index is 1790. The van der Waals surface area contributed by atoms with Gasteiger partial charge in [-0.3, -0.25) is 0 Å². The van der Waals surface area contributed by atoms with Gasteiger partial charge in [0.15, 0.2) is 0 Å². The van der Waals surface area contributed by atoms with Gasteiger partial charge in [-0.2, -0.15) is 0 Å². The second kappa shape index (κ2) is 17.0. The first-order chi connectivity index (χ1) is 26.2. The lowest BCUT2D eigenvalue weighted by molar-refractivity contribution is 0.00433. The molecule has 2 saturated heterocycles. The molecule has 2 fully saturated rings. The Hall–Kier alpha value is -4.04. The van der Waals surface area contributed by atoms with Gasteiger partial charge in [-0.25, -0.2) is 0 Å². The molecule has 1 N–H and O–H groups in total. The molecule has 2 heterocycles. The molecule has 296 valence electrons. The fraction of sp³-hybridized carbons (Fsp3) is 0.500. The summed E-state index contributed by atoms with van der Waals surface area (Å²) in [6.45, 7) is 19.9. The predicted molar refractivity (Wildman–Crippen MR) is 219 cm³/mol. The fourth-order valence-corrected chi connectivity index (χ4v) is 7.47. The third-order valence-electron chi connectivity index (χ3n) is 11.6. The van der Waals surface area contributed by atoms with Crippen molar-refractivity contribution in [3.8, 4) is 23.0 Å². The maximum Gasteiger partial charge on any atom is 0.120 e. The number of benzene rings is 4. The number of hydrogen-bond donors (Lipinski definition) is 1. The van der Waals surface area contributed by atoms with Crippen LogP contribution in [-0.2, 0) is 20.3 Å². The van der Waals surface area contributed by atoms with E-state index in [9.17, 15) is 5.11 Å². The molecule has 2 aliphatic rings. The maximum absolute atomic E-state index is 11.1. The molecule has 0 spiro atoms. The van der Waals surface area contributed by atoms with E-state index in [4.69, 9.17) is 28.4 Å². The number of hydrogen-bond acceptors (Lipinski definition) is 7. The normalized spacial score (nSPS) is 19.4. The minimum absolute atomic E-state index is 0.179. The zero-order valence-corrected chi connectivity index (χ0v) is 34.2. The lowest BCUT2D eigenvalue weighted by atomic mass is 9.78. The summed E-state index contributed by atoms with van der Waals surface area (Å²) in [4.78, 5) is 0. The summed E-state index contributed by atoms with van der Waals surface area (Å²) in [5.74, 6) is 3.26. The Morgan fingerprint density at radius 3 is 1.38 bits per heavy atom. The van der Waals surface area contributed by atoms with Crippen LogP contribution in [0.2, 0.25) is 0 Å². The van der Waals surface area contributed by atoms with E-state index in [1.807, 2.05) is 36.4 Å². The molecule has 55 heavy (non-hydrogen) atoms. The van der Waals surface area contributed by atoms with Crippen molar-refractivity contribution in [1.82, 2.24) is 0 Å². The molecule has 0 aromatic heterocycles. The van der Waals surface area contributed by atoms with E-state index in [1.165, 1.54) is 22.3 Å². The van der Waals surface area contributed by atoms with Gasteiger partial charge in [-0.1, -0.05) is 96.5 Å². The molecule has 7 heteroatoms. The third-order valence-corrected chi connectivity index (χ3v) is 11.6. The summed E-state index contributed by atoms with van der Waals surface area (Å²) < 4.78 is 35.7. The molecule has 5 atom stereocenters. The minimum Gasteiger partial charge on any atom is -0.491 e. The average Bonchev–Trinajstić information content (AvgIpc) is 4.12. The lowest BCUT2D eigenvalue weighted by Gasteiger charge is -2.32. The first kappa shape index (κ1) is 40.6. The second-order valence-corrected chi connectivity index (χ2v) is 17.1. The summed E-state index contributed by atoms with van der Waals surface area (Å²) in [5.41, 5.74) is 3.59. The Balaban J connectivity index is 0.990. The van der Waals surface area contributed by atoms with Crippen LogP contribution >= 0.6 is 0 Å². The summed E-state index contributed by atoms with van der Waals surface area (Å²) >= 11 is 0. The predicted octanol–water partition coefficient (Wildman–Crippen LogP) is 10.2. The Labute approximate surface area is 329 Å². The van der Waals surface area contributed by atoms with Crippen molar-refractivity contribution in [2.24, 2.45) is 0 Å². The van der Waals surface area contributed by atoms with Crippen LogP contribution in [0.15, 0.2) is 97.1 Å². The second-order valence-electron chi connectivity index (χ2n) is 17.1. The molecular weight excluding hydrogens is 689 g/mol. The minimum atomic E-state index is -0.695. The standard InChI is InChI=1S/C48H62O7/c1-9-27-48(8,29-43-31-52-43)55-42-25-17-37(18-26-42)45(3,4)34-11-19-39(20-12-34)50-30-38(49)28-47(7,10-2)54-41-23-15-36(16-24-41)46(5,6)35-13-21-40(22-14-35)51-32-44-33-53-44/h11-26,38,43-44,49H,9-10,27-33H2,1-8H3. The van der Waals surface area contributed by atoms with Gasteiger partial charge in [-0.05, 0) is 97.5 Å². The van der Waals surface area contributed by atoms with Crippen molar-refractivity contribution in [2.45, 2.75) is 128 Å². The summed E-state index contributed by atoms with van der Waals surface area (Å²) in [6.07, 6.45) is 4.04. The highest BCUT2D eigenvalue weighted by molar-refractivity contribution is 5.43. The van der Waals surface area contributed by atoms with Crippen LogP contribution in [0.5, 0.6) is 23.0 Å². The van der Waals surface area contributed by atoms with E-state index in [2.05, 4.69) is 116 Å². The van der Waals surface area contributed by atoms with Crippen molar-refractivity contribution < 1.29 is 33.5 Å². The van der Waals surface area contributed by atoms with Gasteiger partial charge in [0.05, 0.1) is 25.4 Å². The lowest BCUT2D eigenvalue weighted by Crippen LogP contribution is -2.37. The number of aliphatic hydroxyl groups excluding tert-OH is 1. The summed E-state index contributed by atoms with van der Waals surface area (Å²) in [7, 11) is 0. The highest BCUT2D eigenvalue weighted by atomic mass is 16.6. The third kappa shape index (κ3) is 10.8. The van der Waals surface area contributed by atoms with Crippen LogP contribution in [0.4, 0.5) is 0 Å². The van der Waals surface area contributed by atoms with E-state index >= 15 is 0 Å². The highest BCUT2D eigenvalue weighted by Gasteiger charge is 2.36. The van der Waals surface area contributed by atoms with Gasteiger partial charge in [0.1, 0.15) is 53.5 Å². The first-order valence-electron chi connectivity index (χ1n) is 20.2. The molecule has 0 bridgehead atoms. The van der Waals surface area contributed by atoms with Crippen LogP contribution in [0.25, 0.3) is 0 Å². The molecule has 7 nitrogen and oxygen atoms in total. The molecular formula is C48H62O7. The molecule has 0 aliphatic carbocycles. The Morgan fingerprint density at radius 2 is 0.982 bits per heavy atom. The molecule has 0 saturated carbocycles. The van der Waals surface area contributed by atoms with Crippen molar-refractivity contribution in [3.05, 3.63) is 119 Å². The van der Waals surface area contributed by atoms with Crippen molar-refractivity contribution in [2.75, 3.05) is 26.4 Å². The molecule has 2 aliphatic heterocycles. The highest BCUT2D eigenvalue weighted by Crippen LogP contribution is 2.37. The quantitative estimate of drug-likeness (QED) is 0.0849. The zero-order chi connectivity index (χ0) is 39.3. The molecule has 5 unspecified atom stereocenters. The van der Waals surface area contributed by atoms with E-state index in [-0.39, 0.29) is 29.1 Å². The van der Waals surface area contributed by atoms with Crippen LogP contribution in [0.1, 0.15) is 110 Å². The van der Waals surface area contributed by atoms with Crippen molar-refractivity contribution in [1.29, 1.82) is 0 Å². The maximum atomic E-state index is 11.1. The van der Waals surface area contributed by atoms with Crippen molar-refractivity contribution in [3.63, 3.8) is 0 Å². The van der Waals surface area contributed by atoms with E-state index in [1.54, 1.807) is 0 Å². The van der Waals surface area contributed by atoms with Gasteiger partial charge >= 0.3 is 0 Å². The topological polar surface area (TPSA) is 82.2 Å². The number of epoxide rings is 2. The van der Waals surface area contributed by atoms with E-state index in [0.717, 1.165) is 61.9 Å². The number of ether oxygens (including phenoxy) is 6. The van der Waals surface area contributed by atoms with Crippen LogP contribution in [0, 0.1) is 0 Å².